The van der Waals surface area contributed by atoms with Crippen molar-refractivity contribution in [3.63, 3.8) is 0 Å². The van der Waals surface area contributed by atoms with Crippen molar-refractivity contribution in [2.24, 2.45) is 5.73 Å². The average Bonchev–Trinajstić information content (AvgIpc) is 2.54. The van der Waals surface area contributed by atoms with Gasteiger partial charge in [0.2, 0.25) is 0 Å². The van der Waals surface area contributed by atoms with Crippen molar-refractivity contribution in [3.8, 4) is 6.07 Å². The summed E-state index contributed by atoms with van der Waals surface area (Å²) >= 11 is 6.00. The SMILES string of the molecule is CC[C@@H](N)c1ccc(Cl)c(C(=O)c2ccc(C#N)cc2)c1F. The largest absolute Gasteiger partial charge is 0.324 e. The zero-order chi connectivity index (χ0) is 16.3. The molecule has 2 aromatic rings. The molecule has 0 aliphatic heterocycles. The minimum atomic E-state index is -0.684. The van der Waals surface area contributed by atoms with Crippen LogP contribution in [0.15, 0.2) is 36.4 Å². The molecule has 0 unspecified atom stereocenters. The summed E-state index contributed by atoms with van der Waals surface area (Å²) in [5.74, 6) is -1.21. The average molecular weight is 317 g/mol. The van der Waals surface area contributed by atoms with E-state index in [1.54, 1.807) is 0 Å². The molecule has 3 nitrogen and oxygen atoms in total. The van der Waals surface area contributed by atoms with E-state index >= 15 is 0 Å². The summed E-state index contributed by atoms with van der Waals surface area (Å²) in [7, 11) is 0. The summed E-state index contributed by atoms with van der Waals surface area (Å²) in [4.78, 5) is 12.5. The molecule has 2 aromatic carbocycles. The van der Waals surface area contributed by atoms with Gasteiger partial charge in [0.25, 0.3) is 0 Å². The lowest BCUT2D eigenvalue weighted by Crippen LogP contribution is -2.14. The quantitative estimate of drug-likeness (QED) is 0.867. The fraction of sp³-hybridized carbons (Fsp3) is 0.176. The molecule has 0 heterocycles. The van der Waals surface area contributed by atoms with E-state index in [0.29, 0.717) is 12.0 Å². The van der Waals surface area contributed by atoms with Gasteiger partial charge >= 0.3 is 0 Å². The van der Waals surface area contributed by atoms with Crippen LogP contribution in [-0.4, -0.2) is 5.78 Å². The number of benzene rings is 2. The smallest absolute Gasteiger partial charge is 0.197 e. The van der Waals surface area contributed by atoms with Gasteiger partial charge in [0, 0.05) is 17.2 Å². The Morgan fingerprint density at radius 1 is 1.32 bits per heavy atom. The molecule has 0 spiro atoms. The maximum Gasteiger partial charge on any atom is 0.197 e. The third-order valence-corrected chi connectivity index (χ3v) is 3.78. The zero-order valence-corrected chi connectivity index (χ0v) is 12.7. The van der Waals surface area contributed by atoms with Gasteiger partial charge in [-0.3, -0.25) is 4.79 Å². The summed E-state index contributed by atoms with van der Waals surface area (Å²) in [5, 5.41) is 8.81. The molecule has 1 atom stereocenters. The molecule has 22 heavy (non-hydrogen) atoms. The highest BCUT2D eigenvalue weighted by Crippen LogP contribution is 2.28. The van der Waals surface area contributed by atoms with Crippen LogP contribution in [0.2, 0.25) is 5.02 Å². The third kappa shape index (κ3) is 3.01. The van der Waals surface area contributed by atoms with E-state index in [0.717, 1.165) is 0 Å². The summed E-state index contributed by atoms with van der Waals surface area (Å²) in [6.45, 7) is 1.83. The number of ketones is 1. The molecule has 0 bridgehead atoms. The van der Waals surface area contributed by atoms with Crippen molar-refractivity contribution in [1.29, 1.82) is 5.26 Å². The zero-order valence-electron chi connectivity index (χ0n) is 11.9. The number of nitriles is 1. The highest BCUT2D eigenvalue weighted by molar-refractivity contribution is 6.35. The Morgan fingerprint density at radius 3 is 2.50 bits per heavy atom. The molecule has 0 aliphatic carbocycles. The molecule has 0 aromatic heterocycles. The summed E-state index contributed by atoms with van der Waals surface area (Å²) < 4.78 is 14.6. The number of carbonyl (C=O) groups is 1. The predicted octanol–water partition coefficient (Wildman–Crippen LogP) is 3.99. The molecule has 2 rings (SSSR count). The first-order valence-electron chi connectivity index (χ1n) is 6.78. The second kappa shape index (κ2) is 6.69. The number of nitrogens with two attached hydrogens (primary N) is 1. The molecule has 0 saturated heterocycles. The van der Waals surface area contributed by atoms with E-state index in [-0.39, 0.29) is 21.7 Å². The first-order chi connectivity index (χ1) is 10.5. The molecular weight excluding hydrogens is 303 g/mol. The van der Waals surface area contributed by atoms with Gasteiger partial charge in [-0.2, -0.15) is 5.26 Å². The highest BCUT2D eigenvalue weighted by Gasteiger charge is 2.22. The fourth-order valence-corrected chi connectivity index (χ4v) is 2.36. The first kappa shape index (κ1) is 16.2. The first-order valence-corrected chi connectivity index (χ1v) is 7.15. The monoisotopic (exact) mass is 316 g/mol. The van der Waals surface area contributed by atoms with E-state index in [1.165, 1.54) is 36.4 Å². The van der Waals surface area contributed by atoms with Gasteiger partial charge in [-0.05, 0) is 36.8 Å². The Balaban J connectivity index is 2.51. The molecule has 0 saturated carbocycles. The number of carbonyl (C=O) groups excluding carboxylic acids is 1. The molecule has 0 radical (unpaired) electrons. The Labute approximate surface area is 133 Å². The summed E-state index contributed by atoms with van der Waals surface area (Å²) in [6.07, 6.45) is 0.545. The van der Waals surface area contributed by atoms with Crippen molar-refractivity contribution < 1.29 is 9.18 Å². The third-order valence-electron chi connectivity index (χ3n) is 3.46. The number of nitrogens with zero attached hydrogens (tertiary/aromatic N) is 1. The van der Waals surface area contributed by atoms with Gasteiger partial charge in [0.05, 0.1) is 22.2 Å². The lowest BCUT2D eigenvalue weighted by Gasteiger charge is -2.14. The molecule has 0 fully saturated rings. The van der Waals surface area contributed by atoms with Crippen molar-refractivity contribution in [3.05, 3.63) is 69.5 Å². The van der Waals surface area contributed by atoms with Gasteiger partial charge in [-0.15, -0.1) is 0 Å². The van der Waals surface area contributed by atoms with Crippen LogP contribution >= 0.6 is 11.6 Å². The van der Waals surface area contributed by atoms with E-state index in [4.69, 9.17) is 22.6 Å². The predicted molar refractivity (Wildman–Crippen MR) is 83.2 cm³/mol. The number of halogens is 2. The van der Waals surface area contributed by atoms with Crippen LogP contribution in [0, 0.1) is 17.1 Å². The van der Waals surface area contributed by atoms with E-state index in [9.17, 15) is 9.18 Å². The molecular formula is C17H14ClFN2O. The van der Waals surface area contributed by atoms with Gasteiger partial charge in [0.15, 0.2) is 5.78 Å². The van der Waals surface area contributed by atoms with Crippen LogP contribution in [0.3, 0.4) is 0 Å². The summed E-state index contributed by atoms with van der Waals surface area (Å²) in [6, 6.07) is 10.4. The minimum absolute atomic E-state index is 0.0407. The Kier molecular flexibility index (Phi) is 4.92. The molecule has 5 heteroatoms. The van der Waals surface area contributed by atoms with Crippen LogP contribution in [-0.2, 0) is 0 Å². The Bertz CT molecular complexity index is 750. The summed E-state index contributed by atoms with van der Waals surface area (Å²) in [5.41, 5.74) is 6.63. The van der Waals surface area contributed by atoms with Crippen molar-refractivity contribution >= 4 is 17.4 Å². The Morgan fingerprint density at radius 2 is 1.95 bits per heavy atom. The van der Waals surface area contributed by atoms with Gasteiger partial charge in [-0.1, -0.05) is 24.6 Å². The van der Waals surface area contributed by atoms with E-state index in [2.05, 4.69) is 0 Å². The lowest BCUT2D eigenvalue weighted by molar-refractivity contribution is 0.103. The maximum atomic E-state index is 14.6. The maximum absolute atomic E-state index is 14.6. The van der Waals surface area contributed by atoms with Crippen molar-refractivity contribution in [2.45, 2.75) is 19.4 Å². The van der Waals surface area contributed by atoms with Crippen LogP contribution in [0.4, 0.5) is 4.39 Å². The highest BCUT2D eigenvalue weighted by atomic mass is 35.5. The van der Waals surface area contributed by atoms with Crippen LogP contribution in [0.1, 0.15) is 46.4 Å². The molecule has 112 valence electrons. The standard InChI is InChI=1S/C17H14ClFN2O/c1-2-14(21)12-7-8-13(18)15(16(12)19)17(22)11-5-3-10(9-20)4-6-11/h3-8,14H,2,21H2,1H3/t14-/m1/s1. The van der Waals surface area contributed by atoms with Crippen LogP contribution < -0.4 is 5.73 Å². The van der Waals surface area contributed by atoms with Gasteiger partial charge < -0.3 is 5.73 Å². The van der Waals surface area contributed by atoms with Crippen molar-refractivity contribution in [1.82, 2.24) is 0 Å². The number of hydrogen-bond acceptors (Lipinski definition) is 3. The van der Waals surface area contributed by atoms with Crippen LogP contribution in [0.25, 0.3) is 0 Å². The Hall–Kier alpha value is -2.22. The fourth-order valence-electron chi connectivity index (χ4n) is 2.12. The lowest BCUT2D eigenvalue weighted by atomic mass is 9.96. The topological polar surface area (TPSA) is 66.9 Å². The molecule has 0 aliphatic rings. The molecule has 0 amide bonds. The van der Waals surface area contributed by atoms with E-state index in [1.807, 2.05) is 13.0 Å². The number of hydrogen-bond donors (Lipinski definition) is 1. The van der Waals surface area contributed by atoms with Crippen molar-refractivity contribution in [2.75, 3.05) is 0 Å². The molecule has 2 N–H and O–H groups in total. The minimum Gasteiger partial charge on any atom is -0.324 e. The van der Waals surface area contributed by atoms with Gasteiger partial charge in [0.1, 0.15) is 5.82 Å². The van der Waals surface area contributed by atoms with Crippen LogP contribution in [0.5, 0.6) is 0 Å². The number of rotatable bonds is 4. The normalized spacial score (nSPS) is 11.8. The second-order valence-electron chi connectivity index (χ2n) is 4.86. The van der Waals surface area contributed by atoms with E-state index < -0.39 is 17.6 Å². The second-order valence-corrected chi connectivity index (χ2v) is 5.27. The van der Waals surface area contributed by atoms with Gasteiger partial charge in [-0.25, -0.2) is 4.39 Å².